The molecule has 2 rings (SSSR count). The zero-order valence-electron chi connectivity index (χ0n) is 12.2. The molecular weight excluding hydrogens is 273 g/mol. The number of hydrogen-bond donors (Lipinski definition) is 2. The number of likely N-dealkylation sites (tertiary alicyclic amines) is 1. The van der Waals surface area contributed by atoms with Crippen LogP contribution < -0.4 is 10.6 Å². The number of halogens is 1. The maximum atomic E-state index is 13.4. The Morgan fingerprint density at radius 1 is 1.43 bits per heavy atom. The zero-order chi connectivity index (χ0) is 15.4. The fourth-order valence-corrected chi connectivity index (χ4v) is 2.38. The summed E-state index contributed by atoms with van der Waals surface area (Å²) in [4.78, 5) is 25.3. The summed E-state index contributed by atoms with van der Waals surface area (Å²) in [6.45, 7) is 4.52. The highest BCUT2D eigenvalue weighted by Crippen LogP contribution is 2.14. The molecule has 3 amide bonds. The van der Waals surface area contributed by atoms with Crippen LogP contribution in [0.1, 0.15) is 25.8 Å². The molecule has 0 bridgehead atoms. The summed E-state index contributed by atoms with van der Waals surface area (Å²) >= 11 is 0. The molecule has 1 saturated heterocycles. The molecule has 2 N–H and O–H groups in total. The minimum absolute atomic E-state index is 0.0457. The van der Waals surface area contributed by atoms with Gasteiger partial charge in [0.2, 0.25) is 5.91 Å². The van der Waals surface area contributed by atoms with Crippen molar-refractivity contribution in [3.8, 4) is 0 Å². The van der Waals surface area contributed by atoms with E-state index in [-0.39, 0.29) is 36.4 Å². The van der Waals surface area contributed by atoms with E-state index in [0.29, 0.717) is 18.5 Å². The number of rotatable bonds is 4. The second-order valence-electron chi connectivity index (χ2n) is 5.46. The molecule has 0 spiro atoms. The number of hydrogen-bond acceptors (Lipinski definition) is 2. The molecule has 21 heavy (non-hydrogen) atoms. The Bertz CT molecular complexity index is 533. The van der Waals surface area contributed by atoms with Crippen LogP contribution in [0.3, 0.4) is 0 Å². The molecular formula is C15H20FN3O2. The molecule has 1 heterocycles. The molecule has 1 atom stereocenters. The summed E-state index contributed by atoms with van der Waals surface area (Å²) in [7, 11) is 0. The predicted octanol–water partition coefficient (Wildman–Crippen LogP) is 1.63. The van der Waals surface area contributed by atoms with E-state index in [2.05, 4.69) is 10.6 Å². The van der Waals surface area contributed by atoms with Crippen molar-refractivity contribution < 1.29 is 14.0 Å². The number of nitrogens with one attached hydrogen (secondary N) is 2. The zero-order valence-corrected chi connectivity index (χ0v) is 12.2. The van der Waals surface area contributed by atoms with Crippen molar-refractivity contribution in [2.45, 2.75) is 38.9 Å². The fraction of sp³-hybridized carbons (Fsp3) is 0.467. The Hall–Kier alpha value is -2.11. The van der Waals surface area contributed by atoms with Gasteiger partial charge in [0.1, 0.15) is 5.82 Å². The van der Waals surface area contributed by atoms with Crippen LogP contribution in [0.25, 0.3) is 0 Å². The lowest BCUT2D eigenvalue weighted by Gasteiger charge is -2.21. The molecule has 1 aliphatic rings. The second kappa shape index (κ2) is 6.56. The van der Waals surface area contributed by atoms with E-state index in [4.69, 9.17) is 0 Å². The van der Waals surface area contributed by atoms with Crippen molar-refractivity contribution in [1.82, 2.24) is 15.5 Å². The van der Waals surface area contributed by atoms with Gasteiger partial charge in [-0.3, -0.25) is 4.79 Å². The summed E-state index contributed by atoms with van der Waals surface area (Å²) in [6.07, 6.45) is 0.311. The van der Waals surface area contributed by atoms with E-state index in [1.165, 1.54) is 6.07 Å². The summed E-state index contributed by atoms with van der Waals surface area (Å²) < 4.78 is 13.4. The first-order chi connectivity index (χ1) is 9.97. The average Bonchev–Trinajstić information content (AvgIpc) is 2.79. The highest BCUT2D eigenvalue weighted by molar-refractivity contribution is 5.81. The quantitative estimate of drug-likeness (QED) is 0.886. The molecule has 1 aliphatic heterocycles. The number of benzene rings is 1. The van der Waals surface area contributed by atoms with Crippen LogP contribution in [0, 0.1) is 5.82 Å². The monoisotopic (exact) mass is 293 g/mol. The molecule has 0 radical (unpaired) electrons. The largest absolute Gasteiger partial charge is 0.338 e. The summed E-state index contributed by atoms with van der Waals surface area (Å²) in [5, 5.41) is 5.35. The molecule has 1 aromatic carbocycles. The fourth-order valence-electron chi connectivity index (χ4n) is 2.38. The topological polar surface area (TPSA) is 61.4 Å². The number of carbonyl (C=O) groups excluding carboxylic acids is 2. The van der Waals surface area contributed by atoms with Gasteiger partial charge in [-0.05, 0) is 19.9 Å². The highest BCUT2D eigenvalue weighted by Gasteiger charge is 2.31. The van der Waals surface area contributed by atoms with Crippen LogP contribution in [0.4, 0.5) is 9.18 Å². The minimum atomic E-state index is -0.387. The smallest absolute Gasteiger partial charge is 0.315 e. The predicted molar refractivity (Wildman–Crippen MR) is 77.0 cm³/mol. The number of urea groups is 1. The normalized spacial score (nSPS) is 18.2. The van der Waals surface area contributed by atoms with Gasteiger partial charge in [0.25, 0.3) is 0 Å². The minimum Gasteiger partial charge on any atom is -0.338 e. The molecule has 5 nitrogen and oxygen atoms in total. The first-order valence-electron chi connectivity index (χ1n) is 7.04. The van der Waals surface area contributed by atoms with Gasteiger partial charge < -0.3 is 15.5 Å². The van der Waals surface area contributed by atoms with Crippen LogP contribution in [-0.2, 0) is 11.3 Å². The van der Waals surface area contributed by atoms with Crippen molar-refractivity contribution in [2.24, 2.45) is 0 Å². The van der Waals surface area contributed by atoms with Gasteiger partial charge in [-0.15, -0.1) is 0 Å². The highest BCUT2D eigenvalue weighted by atomic mass is 19.1. The molecule has 1 fully saturated rings. The SMILES string of the molecule is CC(C)N1CC(NC(=O)NCc2ccccc2F)CC1=O. The van der Waals surface area contributed by atoms with Gasteiger partial charge in [0.05, 0.1) is 6.04 Å². The first kappa shape index (κ1) is 15.3. The molecule has 1 unspecified atom stereocenters. The summed E-state index contributed by atoms with van der Waals surface area (Å²) in [6, 6.07) is 5.84. The van der Waals surface area contributed by atoms with Crippen molar-refractivity contribution in [1.29, 1.82) is 0 Å². The maximum Gasteiger partial charge on any atom is 0.315 e. The van der Waals surface area contributed by atoms with Gasteiger partial charge in [-0.1, -0.05) is 18.2 Å². The van der Waals surface area contributed by atoms with Crippen molar-refractivity contribution in [3.63, 3.8) is 0 Å². The Morgan fingerprint density at radius 2 is 2.14 bits per heavy atom. The lowest BCUT2D eigenvalue weighted by molar-refractivity contribution is -0.129. The van der Waals surface area contributed by atoms with Crippen molar-refractivity contribution >= 4 is 11.9 Å². The molecule has 0 aromatic heterocycles. The Labute approximate surface area is 123 Å². The lowest BCUT2D eigenvalue weighted by Crippen LogP contribution is -2.43. The van der Waals surface area contributed by atoms with Gasteiger partial charge in [0, 0.05) is 31.1 Å². The second-order valence-corrected chi connectivity index (χ2v) is 5.46. The van der Waals surface area contributed by atoms with E-state index in [9.17, 15) is 14.0 Å². The van der Waals surface area contributed by atoms with Gasteiger partial charge in [0.15, 0.2) is 0 Å². The van der Waals surface area contributed by atoms with E-state index in [1.54, 1.807) is 23.1 Å². The van der Waals surface area contributed by atoms with Crippen LogP contribution in [0.2, 0.25) is 0 Å². The molecule has 114 valence electrons. The van der Waals surface area contributed by atoms with E-state index in [0.717, 1.165) is 0 Å². The molecule has 6 heteroatoms. The maximum absolute atomic E-state index is 13.4. The third kappa shape index (κ3) is 3.93. The van der Waals surface area contributed by atoms with Gasteiger partial charge >= 0.3 is 6.03 Å². The van der Waals surface area contributed by atoms with Crippen LogP contribution in [-0.4, -0.2) is 35.5 Å². The van der Waals surface area contributed by atoms with Crippen molar-refractivity contribution in [2.75, 3.05) is 6.54 Å². The average molecular weight is 293 g/mol. The standard InChI is InChI=1S/C15H20FN3O2/c1-10(2)19-9-12(7-14(19)20)18-15(21)17-8-11-5-3-4-6-13(11)16/h3-6,10,12H,7-9H2,1-2H3,(H2,17,18,21). The first-order valence-corrected chi connectivity index (χ1v) is 7.04. The molecule has 1 aromatic rings. The summed E-state index contributed by atoms with van der Waals surface area (Å²) in [5.41, 5.74) is 0.430. The number of nitrogens with zero attached hydrogens (tertiary/aromatic N) is 1. The number of amides is 3. The Morgan fingerprint density at radius 3 is 2.76 bits per heavy atom. The Balaban J connectivity index is 1.81. The van der Waals surface area contributed by atoms with Crippen molar-refractivity contribution in [3.05, 3.63) is 35.6 Å². The third-order valence-corrected chi connectivity index (χ3v) is 3.51. The molecule has 0 aliphatic carbocycles. The number of carbonyl (C=O) groups is 2. The van der Waals surface area contributed by atoms with Crippen LogP contribution in [0.15, 0.2) is 24.3 Å². The van der Waals surface area contributed by atoms with Crippen LogP contribution in [0.5, 0.6) is 0 Å². The summed E-state index contributed by atoms with van der Waals surface area (Å²) in [5.74, 6) is -0.302. The third-order valence-electron chi connectivity index (χ3n) is 3.51. The molecule has 0 saturated carbocycles. The van der Waals surface area contributed by atoms with Crippen LogP contribution >= 0.6 is 0 Å². The lowest BCUT2D eigenvalue weighted by atomic mass is 10.2. The van der Waals surface area contributed by atoms with E-state index < -0.39 is 0 Å². The van der Waals surface area contributed by atoms with E-state index in [1.807, 2.05) is 13.8 Å². The van der Waals surface area contributed by atoms with Gasteiger partial charge in [-0.25, -0.2) is 9.18 Å². The van der Waals surface area contributed by atoms with E-state index >= 15 is 0 Å². The van der Waals surface area contributed by atoms with Gasteiger partial charge in [-0.2, -0.15) is 0 Å². The Kier molecular flexibility index (Phi) is 4.77.